The van der Waals surface area contributed by atoms with Crippen molar-refractivity contribution in [2.24, 2.45) is 5.73 Å². The fraction of sp³-hybridized carbons (Fsp3) is 0.812. The van der Waals surface area contributed by atoms with Gasteiger partial charge in [0.15, 0.2) is 0 Å². The SMILES string of the molecule is CCCCCCCCCC=CC(O)C(N)C(=O)OCC. The van der Waals surface area contributed by atoms with Crippen LogP contribution in [0.4, 0.5) is 0 Å². The molecule has 0 amide bonds. The van der Waals surface area contributed by atoms with Crippen molar-refractivity contribution in [1.29, 1.82) is 0 Å². The summed E-state index contributed by atoms with van der Waals surface area (Å²) in [4.78, 5) is 11.3. The van der Waals surface area contributed by atoms with E-state index in [9.17, 15) is 9.90 Å². The molecule has 4 heteroatoms. The number of hydrogen-bond donors (Lipinski definition) is 2. The van der Waals surface area contributed by atoms with E-state index in [0.29, 0.717) is 0 Å². The molecule has 0 heterocycles. The Morgan fingerprint density at radius 1 is 1.15 bits per heavy atom. The van der Waals surface area contributed by atoms with Crippen LogP contribution < -0.4 is 5.73 Å². The molecule has 0 radical (unpaired) electrons. The summed E-state index contributed by atoms with van der Waals surface area (Å²) >= 11 is 0. The number of hydrogen-bond acceptors (Lipinski definition) is 4. The first-order valence-electron chi connectivity index (χ1n) is 7.90. The summed E-state index contributed by atoms with van der Waals surface area (Å²) in [5, 5.41) is 9.70. The van der Waals surface area contributed by atoms with Crippen LogP contribution in [0.3, 0.4) is 0 Å². The lowest BCUT2D eigenvalue weighted by Gasteiger charge is -2.13. The lowest BCUT2D eigenvalue weighted by molar-refractivity contribution is -0.146. The molecule has 0 aromatic rings. The third-order valence-corrected chi connectivity index (χ3v) is 3.23. The molecule has 0 bridgehead atoms. The first-order valence-corrected chi connectivity index (χ1v) is 7.90. The van der Waals surface area contributed by atoms with Crippen LogP contribution in [0.1, 0.15) is 65.2 Å². The van der Waals surface area contributed by atoms with E-state index in [1.165, 1.54) is 38.5 Å². The Hall–Kier alpha value is -0.870. The second-order valence-electron chi connectivity index (χ2n) is 5.11. The summed E-state index contributed by atoms with van der Waals surface area (Å²) in [7, 11) is 0. The Kier molecular flexibility index (Phi) is 12.6. The van der Waals surface area contributed by atoms with Gasteiger partial charge in [-0.05, 0) is 19.8 Å². The molecular weight excluding hydrogens is 254 g/mol. The van der Waals surface area contributed by atoms with Crippen molar-refractivity contribution in [3.05, 3.63) is 12.2 Å². The Balaban J connectivity index is 3.61. The van der Waals surface area contributed by atoms with Crippen LogP contribution >= 0.6 is 0 Å². The number of nitrogens with two attached hydrogens (primary N) is 1. The Labute approximate surface area is 123 Å². The lowest BCUT2D eigenvalue weighted by atomic mass is 10.1. The number of allylic oxidation sites excluding steroid dienone is 1. The summed E-state index contributed by atoms with van der Waals surface area (Å²) in [6.45, 7) is 4.21. The van der Waals surface area contributed by atoms with Crippen molar-refractivity contribution >= 4 is 5.97 Å². The zero-order valence-electron chi connectivity index (χ0n) is 13.0. The van der Waals surface area contributed by atoms with Crippen LogP contribution in [-0.2, 0) is 9.53 Å². The molecule has 4 nitrogen and oxygen atoms in total. The van der Waals surface area contributed by atoms with Gasteiger partial charge in [-0.3, -0.25) is 4.79 Å². The monoisotopic (exact) mass is 285 g/mol. The van der Waals surface area contributed by atoms with Crippen LogP contribution in [-0.4, -0.2) is 29.8 Å². The van der Waals surface area contributed by atoms with Gasteiger partial charge < -0.3 is 15.6 Å². The zero-order chi connectivity index (χ0) is 15.2. The highest BCUT2D eigenvalue weighted by Crippen LogP contribution is 2.09. The van der Waals surface area contributed by atoms with Gasteiger partial charge in [0, 0.05) is 0 Å². The number of unbranched alkanes of at least 4 members (excludes halogenated alkanes) is 7. The predicted molar refractivity (Wildman–Crippen MR) is 82.4 cm³/mol. The van der Waals surface area contributed by atoms with Crippen molar-refractivity contribution in [3.8, 4) is 0 Å². The van der Waals surface area contributed by atoms with Crippen molar-refractivity contribution in [2.45, 2.75) is 77.4 Å². The number of aliphatic hydroxyl groups is 1. The number of carbonyl (C=O) groups excluding carboxylic acids is 1. The average Bonchev–Trinajstić information content (AvgIpc) is 2.44. The van der Waals surface area contributed by atoms with E-state index in [1.807, 2.05) is 6.08 Å². The number of ether oxygens (including phenoxy) is 1. The molecular formula is C16H31NO3. The maximum atomic E-state index is 11.3. The van der Waals surface area contributed by atoms with Gasteiger partial charge in [0.25, 0.3) is 0 Å². The lowest BCUT2D eigenvalue weighted by Crippen LogP contribution is -2.42. The number of esters is 1. The van der Waals surface area contributed by atoms with Gasteiger partial charge in [-0.25, -0.2) is 0 Å². The minimum atomic E-state index is -0.986. The van der Waals surface area contributed by atoms with Crippen LogP contribution in [0.15, 0.2) is 12.2 Å². The summed E-state index contributed by atoms with van der Waals surface area (Å²) in [6, 6.07) is -0.986. The molecule has 0 aromatic carbocycles. The van der Waals surface area contributed by atoms with Crippen molar-refractivity contribution < 1.29 is 14.6 Å². The molecule has 118 valence electrons. The molecule has 2 unspecified atom stereocenters. The molecule has 0 fully saturated rings. The standard InChI is InChI=1S/C16H31NO3/c1-3-5-6-7-8-9-10-11-12-13-14(18)15(17)16(19)20-4-2/h12-15,18H,3-11,17H2,1-2H3. The van der Waals surface area contributed by atoms with Gasteiger partial charge in [-0.15, -0.1) is 0 Å². The van der Waals surface area contributed by atoms with E-state index in [2.05, 4.69) is 6.92 Å². The molecule has 20 heavy (non-hydrogen) atoms. The van der Waals surface area contributed by atoms with Gasteiger partial charge >= 0.3 is 5.97 Å². The molecule has 3 N–H and O–H groups in total. The van der Waals surface area contributed by atoms with Crippen molar-refractivity contribution in [1.82, 2.24) is 0 Å². The van der Waals surface area contributed by atoms with E-state index in [0.717, 1.165) is 12.8 Å². The van der Waals surface area contributed by atoms with Crippen LogP contribution in [0, 0.1) is 0 Å². The third kappa shape index (κ3) is 9.98. The number of carbonyl (C=O) groups is 1. The third-order valence-electron chi connectivity index (χ3n) is 3.23. The van der Waals surface area contributed by atoms with Gasteiger partial charge in [-0.2, -0.15) is 0 Å². The van der Waals surface area contributed by atoms with Crippen LogP contribution in [0.5, 0.6) is 0 Å². The Morgan fingerprint density at radius 2 is 1.75 bits per heavy atom. The fourth-order valence-electron chi connectivity index (χ4n) is 1.95. The highest BCUT2D eigenvalue weighted by Gasteiger charge is 2.21. The van der Waals surface area contributed by atoms with Crippen LogP contribution in [0.25, 0.3) is 0 Å². The molecule has 0 saturated heterocycles. The minimum Gasteiger partial charge on any atom is -0.465 e. The predicted octanol–water partition coefficient (Wildman–Crippen LogP) is 2.93. The minimum absolute atomic E-state index is 0.279. The molecule has 0 rings (SSSR count). The smallest absolute Gasteiger partial charge is 0.325 e. The second-order valence-corrected chi connectivity index (χ2v) is 5.11. The molecule has 0 spiro atoms. The number of aliphatic hydroxyl groups excluding tert-OH is 1. The van der Waals surface area contributed by atoms with Gasteiger partial charge in [0.1, 0.15) is 6.04 Å². The first-order chi connectivity index (χ1) is 9.63. The average molecular weight is 285 g/mol. The number of rotatable bonds is 12. The Bertz CT molecular complexity index is 266. The summed E-state index contributed by atoms with van der Waals surface area (Å²) in [5.41, 5.74) is 5.58. The van der Waals surface area contributed by atoms with Crippen molar-refractivity contribution in [3.63, 3.8) is 0 Å². The quantitative estimate of drug-likeness (QED) is 0.328. The maximum absolute atomic E-state index is 11.3. The van der Waals surface area contributed by atoms with E-state index in [-0.39, 0.29) is 6.61 Å². The molecule has 0 saturated carbocycles. The highest BCUT2D eigenvalue weighted by atomic mass is 16.5. The second kappa shape index (κ2) is 13.1. The zero-order valence-corrected chi connectivity index (χ0v) is 13.0. The topological polar surface area (TPSA) is 72.5 Å². The first kappa shape index (κ1) is 19.1. The highest BCUT2D eigenvalue weighted by molar-refractivity contribution is 5.76. The van der Waals surface area contributed by atoms with E-state index in [4.69, 9.17) is 10.5 Å². The van der Waals surface area contributed by atoms with E-state index in [1.54, 1.807) is 13.0 Å². The fourth-order valence-corrected chi connectivity index (χ4v) is 1.95. The van der Waals surface area contributed by atoms with Crippen molar-refractivity contribution in [2.75, 3.05) is 6.61 Å². The molecule has 0 aliphatic carbocycles. The largest absolute Gasteiger partial charge is 0.465 e. The molecule has 0 aliphatic heterocycles. The van der Waals surface area contributed by atoms with Gasteiger partial charge in [-0.1, -0.05) is 57.6 Å². The summed E-state index contributed by atoms with van der Waals surface area (Å²) in [5.74, 6) is -0.555. The van der Waals surface area contributed by atoms with E-state index < -0.39 is 18.1 Å². The Morgan fingerprint density at radius 3 is 2.35 bits per heavy atom. The normalized spacial score (nSPS) is 14.4. The maximum Gasteiger partial charge on any atom is 0.325 e. The summed E-state index contributed by atoms with van der Waals surface area (Å²) in [6.07, 6.45) is 12.3. The van der Waals surface area contributed by atoms with Gasteiger partial charge in [0.2, 0.25) is 0 Å². The molecule has 0 aliphatic rings. The molecule has 2 atom stereocenters. The van der Waals surface area contributed by atoms with Crippen LogP contribution in [0.2, 0.25) is 0 Å². The molecule has 0 aromatic heterocycles. The summed E-state index contributed by atoms with van der Waals surface area (Å²) < 4.78 is 4.76. The van der Waals surface area contributed by atoms with E-state index >= 15 is 0 Å². The van der Waals surface area contributed by atoms with Gasteiger partial charge in [0.05, 0.1) is 12.7 Å².